The molecule has 0 bridgehead atoms. The molecule has 0 aliphatic carbocycles. The van der Waals surface area contributed by atoms with Crippen LogP contribution < -0.4 is 0 Å². The van der Waals surface area contributed by atoms with Crippen molar-refractivity contribution in [2.24, 2.45) is 0 Å². The lowest BCUT2D eigenvalue weighted by atomic mass is 9.97. The zero-order chi connectivity index (χ0) is 15.5. The van der Waals surface area contributed by atoms with E-state index in [9.17, 15) is 18.0 Å². The largest absolute Gasteiger partial charge is 0.481 e. The van der Waals surface area contributed by atoms with Crippen LogP contribution >= 0.6 is 0 Å². The number of imidazole rings is 1. The molecule has 0 radical (unpaired) electrons. The minimum Gasteiger partial charge on any atom is -0.481 e. The Balaban J connectivity index is 1.91. The Kier molecular flexibility index (Phi) is 4.87. The molecule has 5 nitrogen and oxygen atoms in total. The fourth-order valence-corrected chi connectivity index (χ4v) is 2.62. The van der Waals surface area contributed by atoms with Gasteiger partial charge < -0.3 is 15.0 Å². The number of halogens is 3. The van der Waals surface area contributed by atoms with Crippen LogP contribution in [0.4, 0.5) is 13.2 Å². The highest BCUT2D eigenvalue weighted by atomic mass is 19.4. The van der Waals surface area contributed by atoms with Crippen molar-refractivity contribution in [3.05, 3.63) is 17.7 Å². The maximum absolute atomic E-state index is 12.6. The first kappa shape index (κ1) is 15.8. The van der Waals surface area contributed by atoms with E-state index in [1.165, 1.54) is 0 Å². The van der Waals surface area contributed by atoms with E-state index in [0.717, 1.165) is 25.6 Å². The minimum atomic E-state index is -4.40. The summed E-state index contributed by atoms with van der Waals surface area (Å²) in [6.07, 6.45) is -1.24. The van der Waals surface area contributed by atoms with E-state index in [-0.39, 0.29) is 12.3 Å². The number of H-pyrrole nitrogens is 1. The standard InChI is InChI=1S/C13H18F3N3O2/c14-13(15,16)10-7-17-12(18-10)9-3-1-5-19(8-9)6-2-4-11(20)21/h7,9H,1-6,8H2,(H,17,18)(H,20,21). The van der Waals surface area contributed by atoms with E-state index in [1.54, 1.807) is 0 Å². The van der Waals surface area contributed by atoms with Crippen molar-refractivity contribution in [1.82, 2.24) is 14.9 Å². The maximum atomic E-state index is 12.6. The highest BCUT2D eigenvalue weighted by Gasteiger charge is 2.34. The minimum absolute atomic E-state index is 0.0559. The molecule has 1 saturated heterocycles. The first-order valence-electron chi connectivity index (χ1n) is 6.92. The molecule has 0 spiro atoms. The molecule has 0 amide bonds. The zero-order valence-corrected chi connectivity index (χ0v) is 11.5. The number of alkyl halides is 3. The van der Waals surface area contributed by atoms with Crippen molar-refractivity contribution >= 4 is 5.97 Å². The van der Waals surface area contributed by atoms with Gasteiger partial charge in [-0.25, -0.2) is 4.98 Å². The molecule has 0 aromatic carbocycles. The molecule has 1 atom stereocenters. The molecular formula is C13H18F3N3O2. The third-order valence-corrected chi connectivity index (χ3v) is 3.66. The van der Waals surface area contributed by atoms with Crippen LogP contribution in [0.5, 0.6) is 0 Å². The number of nitrogens with one attached hydrogen (secondary N) is 1. The van der Waals surface area contributed by atoms with Gasteiger partial charge in [-0.05, 0) is 32.4 Å². The lowest BCUT2D eigenvalue weighted by molar-refractivity contribution is -0.141. The first-order chi connectivity index (χ1) is 9.86. The molecule has 1 aliphatic heterocycles. The van der Waals surface area contributed by atoms with Crippen LogP contribution in [0.1, 0.15) is 43.1 Å². The van der Waals surface area contributed by atoms with Crippen molar-refractivity contribution in [3.63, 3.8) is 0 Å². The number of carboxylic acid groups (broad SMARTS) is 1. The summed E-state index contributed by atoms with van der Waals surface area (Å²) < 4.78 is 37.7. The molecule has 8 heteroatoms. The van der Waals surface area contributed by atoms with Crippen LogP contribution in [0, 0.1) is 0 Å². The second kappa shape index (κ2) is 6.46. The predicted octanol–water partition coefficient (Wildman–Crippen LogP) is 2.47. The third kappa shape index (κ3) is 4.45. The topological polar surface area (TPSA) is 69.2 Å². The van der Waals surface area contributed by atoms with Gasteiger partial charge >= 0.3 is 12.1 Å². The van der Waals surface area contributed by atoms with Crippen molar-refractivity contribution in [3.8, 4) is 0 Å². The Bertz CT molecular complexity index is 487. The summed E-state index contributed by atoms with van der Waals surface area (Å²) in [6.45, 7) is 2.11. The summed E-state index contributed by atoms with van der Waals surface area (Å²) in [7, 11) is 0. The Hall–Kier alpha value is -1.57. The van der Waals surface area contributed by atoms with E-state index in [1.807, 2.05) is 0 Å². The molecule has 2 rings (SSSR count). The Labute approximate surface area is 120 Å². The van der Waals surface area contributed by atoms with Crippen LogP contribution in [0.25, 0.3) is 0 Å². The Morgan fingerprint density at radius 3 is 2.90 bits per heavy atom. The number of carbonyl (C=O) groups is 1. The highest BCUT2D eigenvalue weighted by molar-refractivity contribution is 5.66. The van der Waals surface area contributed by atoms with E-state index in [2.05, 4.69) is 14.9 Å². The fraction of sp³-hybridized carbons (Fsp3) is 0.692. The molecule has 1 aromatic heterocycles. The molecule has 1 unspecified atom stereocenters. The second-order valence-electron chi connectivity index (χ2n) is 5.32. The van der Waals surface area contributed by atoms with Gasteiger partial charge in [0.25, 0.3) is 0 Å². The number of aliphatic carboxylic acids is 1. The lowest BCUT2D eigenvalue weighted by Crippen LogP contribution is -2.35. The zero-order valence-electron chi connectivity index (χ0n) is 11.5. The SMILES string of the molecule is O=C(O)CCCN1CCCC(c2ncc(C(F)(F)F)[nH]2)C1. The van der Waals surface area contributed by atoms with Gasteiger partial charge in [-0.15, -0.1) is 0 Å². The number of nitrogens with zero attached hydrogens (tertiary/aromatic N) is 2. The highest BCUT2D eigenvalue weighted by Crippen LogP contribution is 2.30. The molecule has 2 heterocycles. The van der Waals surface area contributed by atoms with Crippen molar-refractivity contribution in [2.75, 3.05) is 19.6 Å². The predicted molar refractivity (Wildman–Crippen MR) is 68.9 cm³/mol. The molecule has 0 saturated carbocycles. The third-order valence-electron chi connectivity index (χ3n) is 3.66. The van der Waals surface area contributed by atoms with Gasteiger partial charge in [-0.3, -0.25) is 4.79 Å². The van der Waals surface area contributed by atoms with Gasteiger partial charge in [0.1, 0.15) is 11.5 Å². The van der Waals surface area contributed by atoms with Crippen molar-refractivity contribution in [1.29, 1.82) is 0 Å². The summed E-state index contributed by atoms with van der Waals surface area (Å²) in [5, 5.41) is 8.61. The number of piperidine rings is 1. The van der Waals surface area contributed by atoms with E-state index in [0.29, 0.717) is 25.3 Å². The average Bonchev–Trinajstić information content (AvgIpc) is 2.88. The molecule has 1 aliphatic rings. The molecule has 1 aromatic rings. The quantitative estimate of drug-likeness (QED) is 0.877. The smallest absolute Gasteiger partial charge is 0.432 e. The van der Waals surface area contributed by atoms with Gasteiger partial charge in [0.2, 0.25) is 0 Å². The summed E-state index contributed by atoms with van der Waals surface area (Å²) in [5.41, 5.74) is -0.819. The number of hydrogen-bond acceptors (Lipinski definition) is 3. The summed E-state index contributed by atoms with van der Waals surface area (Å²) >= 11 is 0. The monoisotopic (exact) mass is 305 g/mol. The molecule has 118 valence electrons. The number of aromatic nitrogens is 2. The molecule has 21 heavy (non-hydrogen) atoms. The Morgan fingerprint density at radius 1 is 1.52 bits per heavy atom. The van der Waals surface area contributed by atoms with Crippen molar-refractivity contribution < 1.29 is 23.1 Å². The van der Waals surface area contributed by atoms with Crippen LogP contribution in [-0.4, -0.2) is 45.6 Å². The fourth-order valence-electron chi connectivity index (χ4n) is 2.62. The first-order valence-corrected chi connectivity index (χ1v) is 6.92. The van der Waals surface area contributed by atoms with Gasteiger partial charge in [0.15, 0.2) is 0 Å². The normalized spacial score (nSPS) is 20.6. The van der Waals surface area contributed by atoms with Crippen LogP contribution in [0.15, 0.2) is 6.20 Å². The van der Waals surface area contributed by atoms with Crippen molar-refractivity contribution in [2.45, 2.75) is 37.8 Å². The number of aromatic amines is 1. The summed E-state index contributed by atoms with van der Waals surface area (Å²) in [5.74, 6) is -0.519. The number of likely N-dealkylation sites (tertiary alicyclic amines) is 1. The van der Waals surface area contributed by atoms with Crippen LogP contribution in [0.2, 0.25) is 0 Å². The number of rotatable bonds is 5. The molecule has 2 N–H and O–H groups in total. The lowest BCUT2D eigenvalue weighted by Gasteiger charge is -2.31. The van der Waals surface area contributed by atoms with E-state index < -0.39 is 17.8 Å². The average molecular weight is 305 g/mol. The van der Waals surface area contributed by atoms with Gasteiger partial charge in [-0.2, -0.15) is 13.2 Å². The molecular weight excluding hydrogens is 287 g/mol. The van der Waals surface area contributed by atoms with Crippen LogP contribution in [0.3, 0.4) is 0 Å². The summed E-state index contributed by atoms with van der Waals surface area (Å²) in [4.78, 5) is 18.8. The summed E-state index contributed by atoms with van der Waals surface area (Å²) in [6, 6.07) is 0. The molecule has 1 fully saturated rings. The Morgan fingerprint density at radius 2 is 2.29 bits per heavy atom. The number of hydrogen-bond donors (Lipinski definition) is 2. The van der Waals surface area contributed by atoms with Gasteiger partial charge in [0.05, 0.1) is 6.20 Å². The van der Waals surface area contributed by atoms with E-state index in [4.69, 9.17) is 5.11 Å². The maximum Gasteiger partial charge on any atom is 0.432 e. The van der Waals surface area contributed by atoms with E-state index >= 15 is 0 Å². The second-order valence-corrected chi connectivity index (χ2v) is 5.32. The number of carboxylic acids is 1. The van der Waals surface area contributed by atoms with Crippen LogP contribution in [-0.2, 0) is 11.0 Å². The van der Waals surface area contributed by atoms with Gasteiger partial charge in [-0.1, -0.05) is 0 Å². The van der Waals surface area contributed by atoms with Gasteiger partial charge in [0, 0.05) is 18.9 Å².